The van der Waals surface area contributed by atoms with Crippen LogP contribution >= 0.6 is 23.2 Å². The molecule has 1 aromatic carbocycles. The molecular weight excluding hydrogens is 233 g/mol. The molecule has 4 heteroatoms. The predicted octanol–water partition coefficient (Wildman–Crippen LogP) is 4.04. The van der Waals surface area contributed by atoms with E-state index in [1.54, 1.807) is 0 Å². The zero-order chi connectivity index (χ0) is 10.8. The monoisotopic (exact) mass is 241 g/mol. The summed E-state index contributed by atoms with van der Waals surface area (Å²) in [7, 11) is 0. The van der Waals surface area contributed by atoms with Crippen LogP contribution in [-0.4, -0.2) is 4.98 Å². The molecule has 2 aromatic rings. The van der Waals surface area contributed by atoms with Crippen molar-refractivity contribution in [3.63, 3.8) is 0 Å². The fraction of sp³-hybridized carbons (Fsp3) is 0.182. The minimum absolute atomic E-state index is 0.357. The van der Waals surface area contributed by atoms with Gasteiger partial charge in [-0.2, -0.15) is 0 Å². The maximum absolute atomic E-state index is 5.88. The van der Waals surface area contributed by atoms with Crippen LogP contribution in [0.25, 0.3) is 11.5 Å². The molecule has 0 fully saturated rings. The Bertz CT molecular complexity index is 479. The maximum Gasteiger partial charge on any atom is 0.226 e. The Morgan fingerprint density at radius 1 is 1.40 bits per heavy atom. The lowest BCUT2D eigenvalue weighted by Crippen LogP contribution is -1.81. The van der Waals surface area contributed by atoms with E-state index in [0.29, 0.717) is 16.8 Å². The van der Waals surface area contributed by atoms with Gasteiger partial charge in [0, 0.05) is 10.6 Å². The molecule has 0 bridgehead atoms. The van der Waals surface area contributed by atoms with E-state index in [-0.39, 0.29) is 0 Å². The van der Waals surface area contributed by atoms with Crippen molar-refractivity contribution in [1.82, 2.24) is 4.98 Å². The molecule has 0 radical (unpaired) electrons. The van der Waals surface area contributed by atoms with Crippen LogP contribution in [0.3, 0.4) is 0 Å². The highest BCUT2D eigenvalue weighted by Crippen LogP contribution is 2.24. The second kappa shape index (κ2) is 4.25. The van der Waals surface area contributed by atoms with Crippen LogP contribution in [0.2, 0.25) is 5.02 Å². The average Bonchev–Trinajstić information content (AvgIpc) is 2.60. The first-order valence-corrected chi connectivity index (χ1v) is 5.40. The Hall–Kier alpha value is -0.990. The van der Waals surface area contributed by atoms with Crippen LogP contribution in [0.4, 0.5) is 0 Å². The summed E-state index contributed by atoms with van der Waals surface area (Å²) in [5.41, 5.74) is 1.63. The molecule has 0 unspecified atom stereocenters. The molecule has 0 aliphatic rings. The van der Waals surface area contributed by atoms with Crippen LogP contribution in [-0.2, 0) is 5.88 Å². The lowest BCUT2D eigenvalue weighted by molar-refractivity contribution is 0.540. The molecule has 0 atom stereocenters. The van der Waals surface area contributed by atoms with Gasteiger partial charge >= 0.3 is 0 Å². The topological polar surface area (TPSA) is 26.0 Å². The van der Waals surface area contributed by atoms with Crippen molar-refractivity contribution in [1.29, 1.82) is 0 Å². The molecule has 0 amide bonds. The predicted molar refractivity (Wildman–Crippen MR) is 61.2 cm³/mol. The summed E-state index contributed by atoms with van der Waals surface area (Å²) in [5.74, 6) is 1.67. The lowest BCUT2D eigenvalue weighted by Gasteiger charge is -1.94. The molecule has 0 N–H and O–H groups in total. The van der Waals surface area contributed by atoms with Crippen LogP contribution in [0.15, 0.2) is 28.7 Å². The van der Waals surface area contributed by atoms with Crippen molar-refractivity contribution in [2.75, 3.05) is 0 Å². The minimum Gasteiger partial charge on any atom is -0.441 e. The molecule has 0 saturated carbocycles. The van der Waals surface area contributed by atoms with Gasteiger partial charge in [-0.25, -0.2) is 4.98 Å². The third-order valence-electron chi connectivity index (χ3n) is 2.09. The van der Waals surface area contributed by atoms with Gasteiger partial charge in [-0.15, -0.1) is 11.6 Å². The van der Waals surface area contributed by atoms with Gasteiger partial charge in [0.1, 0.15) is 5.76 Å². The van der Waals surface area contributed by atoms with Crippen LogP contribution in [0.5, 0.6) is 0 Å². The average molecular weight is 242 g/mol. The van der Waals surface area contributed by atoms with E-state index in [9.17, 15) is 0 Å². The number of alkyl halides is 1. The number of rotatable bonds is 2. The van der Waals surface area contributed by atoms with E-state index >= 15 is 0 Å². The Morgan fingerprint density at radius 2 is 2.20 bits per heavy atom. The van der Waals surface area contributed by atoms with E-state index in [1.165, 1.54) is 0 Å². The quantitative estimate of drug-likeness (QED) is 0.742. The molecule has 0 spiro atoms. The normalized spacial score (nSPS) is 10.6. The second-order valence-electron chi connectivity index (χ2n) is 3.17. The molecule has 2 rings (SSSR count). The van der Waals surface area contributed by atoms with Crippen molar-refractivity contribution < 1.29 is 4.42 Å². The third-order valence-corrected chi connectivity index (χ3v) is 2.58. The molecule has 15 heavy (non-hydrogen) atoms. The summed E-state index contributed by atoms with van der Waals surface area (Å²) >= 11 is 11.6. The summed E-state index contributed by atoms with van der Waals surface area (Å²) in [6, 6.07) is 7.38. The second-order valence-corrected chi connectivity index (χ2v) is 3.87. The number of benzene rings is 1. The van der Waals surface area contributed by atoms with Gasteiger partial charge in [0.05, 0.1) is 11.6 Å². The van der Waals surface area contributed by atoms with Gasteiger partial charge in [-0.05, 0) is 25.1 Å². The first-order valence-electron chi connectivity index (χ1n) is 4.49. The largest absolute Gasteiger partial charge is 0.441 e. The van der Waals surface area contributed by atoms with Gasteiger partial charge in [-0.3, -0.25) is 0 Å². The minimum atomic E-state index is 0.357. The van der Waals surface area contributed by atoms with Gasteiger partial charge in [0.2, 0.25) is 5.89 Å². The van der Waals surface area contributed by atoms with Gasteiger partial charge in [0.25, 0.3) is 0 Å². The summed E-state index contributed by atoms with van der Waals surface area (Å²) in [5, 5.41) is 0.663. The lowest BCUT2D eigenvalue weighted by atomic mass is 10.2. The Kier molecular flexibility index (Phi) is 2.98. The first kappa shape index (κ1) is 10.5. The highest BCUT2D eigenvalue weighted by Gasteiger charge is 2.10. The first-order chi connectivity index (χ1) is 7.20. The highest BCUT2D eigenvalue weighted by atomic mass is 35.5. The molecule has 0 aliphatic heterocycles. The molecule has 1 aromatic heterocycles. The van der Waals surface area contributed by atoms with E-state index in [0.717, 1.165) is 17.0 Å². The Labute approximate surface area is 97.8 Å². The number of aromatic nitrogens is 1. The van der Waals surface area contributed by atoms with E-state index in [4.69, 9.17) is 27.6 Å². The van der Waals surface area contributed by atoms with Crippen molar-refractivity contribution in [2.45, 2.75) is 12.8 Å². The highest BCUT2D eigenvalue weighted by molar-refractivity contribution is 6.30. The molecule has 0 saturated heterocycles. The molecular formula is C11H9Cl2NO. The van der Waals surface area contributed by atoms with Crippen molar-refractivity contribution in [2.24, 2.45) is 0 Å². The van der Waals surface area contributed by atoms with E-state index < -0.39 is 0 Å². The van der Waals surface area contributed by atoms with Gasteiger partial charge in [-0.1, -0.05) is 17.7 Å². The third kappa shape index (κ3) is 2.16. The molecule has 2 nitrogen and oxygen atoms in total. The molecule has 0 aliphatic carbocycles. The number of hydrogen-bond acceptors (Lipinski definition) is 2. The number of halogens is 2. The molecule has 78 valence electrons. The molecule has 1 heterocycles. The maximum atomic E-state index is 5.88. The summed E-state index contributed by atoms with van der Waals surface area (Å²) in [4.78, 5) is 4.28. The van der Waals surface area contributed by atoms with Gasteiger partial charge < -0.3 is 4.42 Å². The Morgan fingerprint density at radius 3 is 2.80 bits per heavy atom. The smallest absolute Gasteiger partial charge is 0.226 e. The number of aryl methyl sites for hydroxylation is 1. The standard InChI is InChI=1S/C11H9Cl2NO/c1-7-10(6-12)14-11(15-7)8-3-2-4-9(13)5-8/h2-5H,6H2,1H3. The fourth-order valence-corrected chi connectivity index (χ4v) is 1.74. The fourth-order valence-electron chi connectivity index (χ4n) is 1.30. The summed E-state index contributed by atoms with van der Waals surface area (Å²) in [6.45, 7) is 1.85. The van der Waals surface area contributed by atoms with E-state index in [2.05, 4.69) is 4.98 Å². The van der Waals surface area contributed by atoms with Crippen LogP contribution in [0.1, 0.15) is 11.5 Å². The van der Waals surface area contributed by atoms with Crippen molar-refractivity contribution in [3.05, 3.63) is 40.7 Å². The number of hydrogen-bond donors (Lipinski definition) is 0. The Balaban J connectivity index is 2.45. The van der Waals surface area contributed by atoms with Crippen LogP contribution in [0, 0.1) is 6.92 Å². The van der Waals surface area contributed by atoms with Crippen LogP contribution < -0.4 is 0 Å². The van der Waals surface area contributed by atoms with E-state index in [1.807, 2.05) is 31.2 Å². The number of oxazole rings is 1. The van der Waals surface area contributed by atoms with Gasteiger partial charge in [0.15, 0.2) is 0 Å². The van der Waals surface area contributed by atoms with Crippen molar-refractivity contribution >= 4 is 23.2 Å². The number of nitrogens with zero attached hydrogens (tertiary/aromatic N) is 1. The zero-order valence-corrected chi connectivity index (χ0v) is 9.64. The summed E-state index contributed by atoms with van der Waals surface area (Å²) in [6.07, 6.45) is 0. The SMILES string of the molecule is Cc1oc(-c2cccc(Cl)c2)nc1CCl. The zero-order valence-electron chi connectivity index (χ0n) is 8.13. The van der Waals surface area contributed by atoms with Crippen molar-refractivity contribution in [3.8, 4) is 11.5 Å². The summed E-state index contributed by atoms with van der Waals surface area (Å²) < 4.78 is 5.49.